The van der Waals surface area contributed by atoms with Crippen LogP contribution in [0.5, 0.6) is 23.0 Å². The van der Waals surface area contributed by atoms with E-state index in [2.05, 4.69) is 230 Å². The molecule has 0 aromatic heterocycles. The molecule has 5 fully saturated rings. The van der Waals surface area contributed by atoms with Gasteiger partial charge in [0.1, 0.15) is 29.0 Å². The molecule has 0 saturated carbocycles. The van der Waals surface area contributed by atoms with Gasteiger partial charge in [0.15, 0.2) is 11.5 Å². The van der Waals surface area contributed by atoms with Gasteiger partial charge in [0, 0.05) is 98.4 Å². The third-order valence-electron chi connectivity index (χ3n) is 29.4. The fourth-order valence-electron chi connectivity index (χ4n) is 21.2. The number of ether oxygens (including phenoxy) is 8. The molecule has 8 unspecified atom stereocenters. The highest BCUT2D eigenvalue weighted by Gasteiger charge is 2.48. The number of phenols is 1. The summed E-state index contributed by atoms with van der Waals surface area (Å²) in [7, 11) is 4.97. The summed E-state index contributed by atoms with van der Waals surface area (Å²) in [5.41, 5.74) is 13.7. The monoisotopic (exact) mass is 1830 g/mol. The van der Waals surface area contributed by atoms with Crippen LogP contribution in [0.1, 0.15) is 246 Å². The van der Waals surface area contributed by atoms with E-state index in [0.717, 1.165) is 236 Å². The summed E-state index contributed by atoms with van der Waals surface area (Å²) in [5, 5.41) is 27.8. The lowest BCUT2D eigenvalue weighted by Gasteiger charge is -2.47. The number of halogens is 3. The smallest absolute Gasteiger partial charge is 0.161 e. The van der Waals surface area contributed by atoms with Crippen LogP contribution >= 0.6 is 0 Å². The van der Waals surface area contributed by atoms with Crippen molar-refractivity contribution < 1.29 is 56.2 Å². The van der Waals surface area contributed by atoms with E-state index in [4.69, 9.17) is 37.9 Å². The Labute approximate surface area is 801 Å². The lowest BCUT2D eigenvalue weighted by molar-refractivity contribution is -0.0982. The Kier molecular flexibility index (Phi) is 39.4. The normalized spacial score (nSPS) is 24.0. The predicted octanol–water partition coefficient (Wildman–Crippen LogP) is 25.1. The average molecular weight is 1830 g/mol. The number of phenolic OH excluding ortho intramolecular Hbond substituents is 1. The number of aromatic hydroxyl groups is 1. The minimum atomic E-state index is -0.197. The Bertz CT molecular complexity index is 5080. The summed E-state index contributed by atoms with van der Waals surface area (Å²) < 4.78 is 86.8. The maximum atomic E-state index is 13.6. The maximum Gasteiger partial charge on any atom is 0.161 e. The Morgan fingerprint density at radius 3 is 0.948 bits per heavy atom. The first-order valence-electron chi connectivity index (χ1n) is 49.3. The minimum absolute atomic E-state index is 0.0126. The summed E-state index contributed by atoms with van der Waals surface area (Å²) in [6, 6.07) is 84.1. The van der Waals surface area contributed by atoms with Crippen LogP contribution in [-0.4, -0.2) is 120 Å². The molecule has 134 heavy (non-hydrogen) atoms. The summed E-state index contributed by atoms with van der Waals surface area (Å²) in [6.07, 6.45) is 18.2. The molecule has 0 aliphatic carbocycles. The second kappa shape index (κ2) is 50.2. The molecule has 15 rings (SSSR count). The lowest BCUT2D eigenvalue weighted by atomic mass is 9.66. The Morgan fingerprint density at radius 1 is 0.306 bits per heavy atom. The molecule has 10 aromatic carbocycles. The highest BCUT2D eigenvalue weighted by atomic mass is 19.1. The van der Waals surface area contributed by atoms with Gasteiger partial charge in [-0.05, 0) is 320 Å². The third kappa shape index (κ3) is 30.6. The number of aryl methyl sites for hydroxylation is 1. The maximum absolute atomic E-state index is 13.6. The van der Waals surface area contributed by atoms with Crippen molar-refractivity contribution >= 4 is 0 Å². The summed E-state index contributed by atoms with van der Waals surface area (Å²) in [6.45, 7) is 36.8. The van der Waals surface area contributed by atoms with Crippen molar-refractivity contribution in [3.05, 3.63) is 333 Å². The standard InChI is InChI=1S/C25H34FNO3.C24H32FNO2.C23H30FNO2.C23H31NO.C22H29NO/c1-5-24(2)18-25(13-15-30-24,20-7-9-21(26)10-8-20)12-14-27-17-19-6-11-22(28-3)23(16-19)29-4;1-4-23(2)18-24(14-16-28-23,20-7-9-21(25)10-8-20)13-15-26-17-19-5-11-22(27-3)12-6-19;1-3-22(2)17-23(13-15-27-22,19-8-10-20(24)11-9-19)12-14-25-16-18-6-4-5-7-21(18)26;1-19-9-11-21(12-10-19)23(14-16-25-22(2,3)18-23)13-15-24-17-20-7-5-4-6-8-20;1-21(2)18-22(14-16-24-21,20-11-7-4-8-12-20)13-15-23-17-19-9-5-3-6-10-19/h6-11,16,27H,5,12-15,17-18H2,1-4H3;5-12,26H,4,13-18H2,1-3H3;4-11,25-26H,3,12-17H2,1-2H3;4-12,24H,13-18H2,1-3H3;3-12,23H,13-18H2,1-2H3. The van der Waals surface area contributed by atoms with Gasteiger partial charge in [-0.3, -0.25) is 0 Å². The van der Waals surface area contributed by atoms with Gasteiger partial charge in [-0.25, -0.2) is 13.2 Å². The number of methoxy groups -OCH3 is 3. The molecule has 5 aliphatic heterocycles. The summed E-state index contributed by atoms with van der Waals surface area (Å²) in [4.78, 5) is 0. The van der Waals surface area contributed by atoms with Crippen LogP contribution < -0.4 is 40.8 Å². The van der Waals surface area contributed by atoms with Gasteiger partial charge in [-0.15, -0.1) is 0 Å². The molecular formula is C117H156F3N5O9. The fourth-order valence-corrected chi connectivity index (χ4v) is 21.2. The molecule has 14 nitrogen and oxygen atoms in total. The fraction of sp³-hybridized carbons (Fsp3) is 0.487. The zero-order valence-electron chi connectivity index (χ0n) is 82.9. The van der Waals surface area contributed by atoms with Crippen LogP contribution in [0.2, 0.25) is 0 Å². The van der Waals surface area contributed by atoms with Crippen molar-refractivity contribution in [1.82, 2.24) is 26.6 Å². The summed E-state index contributed by atoms with van der Waals surface area (Å²) >= 11 is 0. The molecule has 724 valence electrons. The van der Waals surface area contributed by atoms with Gasteiger partial charge in [-0.2, -0.15) is 0 Å². The van der Waals surface area contributed by atoms with Crippen LogP contribution in [0.15, 0.2) is 255 Å². The second-order valence-electron chi connectivity index (χ2n) is 40.2. The van der Waals surface area contributed by atoms with Gasteiger partial charge in [0.05, 0.1) is 49.3 Å². The van der Waals surface area contributed by atoms with E-state index in [1.54, 1.807) is 63.8 Å². The SMILES string of the molecule is CC1(C)CC(CCNCc2ccccc2)(c2ccccc2)CCO1.CCC1(C)CC(CCNCc2ccc(OC)c(OC)c2)(c2ccc(F)cc2)CCO1.CCC1(C)CC(CCNCc2ccc(OC)cc2)(c2ccc(F)cc2)CCO1.CCC1(C)CC(CCNCc2ccccc2O)(c2ccc(F)cc2)CCO1.Cc1ccc(C2(CCNCc3ccccc3)CCOC(C)(C)C2)cc1. The van der Waals surface area contributed by atoms with Crippen LogP contribution in [0, 0.1) is 24.4 Å². The molecule has 5 heterocycles. The largest absolute Gasteiger partial charge is 0.508 e. The van der Waals surface area contributed by atoms with Crippen LogP contribution in [0.25, 0.3) is 0 Å². The molecule has 6 N–H and O–H groups in total. The van der Waals surface area contributed by atoms with Crippen molar-refractivity contribution in [1.29, 1.82) is 0 Å². The van der Waals surface area contributed by atoms with Crippen molar-refractivity contribution in [2.24, 2.45) is 0 Å². The van der Waals surface area contributed by atoms with Gasteiger partial charge < -0.3 is 69.6 Å². The van der Waals surface area contributed by atoms with Gasteiger partial charge in [0.25, 0.3) is 0 Å². The Morgan fingerprint density at radius 2 is 0.604 bits per heavy atom. The van der Waals surface area contributed by atoms with E-state index in [1.165, 1.54) is 50.1 Å². The topological polar surface area (TPSA) is 154 Å². The van der Waals surface area contributed by atoms with Gasteiger partial charge in [-0.1, -0.05) is 214 Å². The molecule has 10 aromatic rings. The third-order valence-corrected chi connectivity index (χ3v) is 29.4. The van der Waals surface area contributed by atoms with Crippen LogP contribution in [0.4, 0.5) is 13.2 Å². The van der Waals surface area contributed by atoms with Crippen molar-refractivity contribution in [2.45, 2.75) is 280 Å². The van der Waals surface area contributed by atoms with Crippen LogP contribution in [-0.2, 0) is 83.5 Å². The number of nitrogens with one attached hydrogen (secondary N) is 5. The quantitative estimate of drug-likeness (QED) is 0.0206. The molecule has 17 heteroatoms. The Balaban J connectivity index is 0.000000161. The highest BCUT2D eigenvalue weighted by molar-refractivity contribution is 5.43. The first-order valence-corrected chi connectivity index (χ1v) is 49.3. The van der Waals surface area contributed by atoms with E-state index in [9.17, 15) is 18.3 Å². The lowest BCUT2D eigenvalue weighted by Crippen LogP contribution is -2.46. The van der Waals surface area contributed by atoms with Gasteiger partial charge >= 0.3 is 0 Å². The predicted molar refractivity (Wildman–Crippen MR) is 541 cm³/mol. The van der Waals surface area contributed by atoms with Crippen molar-refractivity contribution in [3.63, 3.8) is 0 Å². The van der Waals surface area contributed by atoms with Crippen molar-refractivity contribution in [2.75, 3.05) is 87.1 Å². The molecule has 8 atom stereocenters. The number of hydrogen-bond donors (Lipinski definition) is 6. The number of para-hydroxylation sites is 1. The zero-order valence-corrected chi connectivity index (χ0v) is 82.9. The van der Waals surface area contributed by atoms with Gasteiger partial charge in [0.2, 0.25) is 0 Å². The van der Waals surface area contributed by atoms with Crippen molar-refractivity contribution in [3.8, 4) is 23.0 Å². The molecule has 0 spiro atoms. The number of rotatable bonds is 36. The highest BCUT2D eigenvalue weighted by Crippen LogP contribution is 2.51. The average Bonchev–Trinajstić information content (AvgIpc) is 0.782. The number of benzene rings is 10. The van der Waals surface area contributed by atoms with E-state index in [0.29, 0.717) is 12.3 Å². The van der Waals surface area contributed by atoms with E-state index < -0.39 is 0 Å². The minimum Gasteiger partial charge on any atom is -0.508 e. The Hall–Kier alpha value is -9.21. The molecule has 0 amide bonds. The molecule has 5 aliphatic rings. The molecule has 0 radical (unpaired) electrons. The number of hydrogen-bond acceptors (Lipinski definition) is 14. The summed E-state index contributed by atoms with van der Waals surface area (Å²) in [5.74, 6) is 2.10. The zero-order chi connectivity index (χ0) is 95.6. The first-order chi connectivity index (χ1) is 64.5. The molecule has 5 saturated heterocycles. The van der Waals surface area contributed by atoms with E-state index in [-0.39, 0.29) is 72.5 Å². The molecular weight excluding hydrogens is 1680 g/mol. The second-order valence-corrected chi connectivity index (χ2v) is 40.2. The van der Waals surface area contributed by atoms with E-state index in [1.807, 2.05) is 84.9 Å². The van der Waals surface area contributed by atoms with E-state index >= 15 is 0 Å². The first kappa shape index (κ1) is 105. The van der Waals surface area contributed by atoms with Crippen LogP contribution in [0.3, 0.4) is 0 Å². The molecule has 0 bridgehead atoms.